The van der Waals surface area contributed by atoms with Crippen molar-refractivity contribution in [3.63, 3.8) is 0 Å². The van der Waals surface area contributed by atoms with Crippen LogP contribution in [0.25, 0.3) is 117 Å². The molecule has 0 atom stereocenters. The number of rotatable bonds is 3. The number of hydrogen-bond donors (Lipinski definition) is 0. The van der Waals surface area contributed by atoms with Crippen LogP contribution in [0.5, 0.6) is 0 Å². The van der Waals surface area contributed by atoms with Crippen LogP contribution in [0.1, 0.15) is 0 Å². The third-order valence-electron chi connectivity index (χ3n) is 11.4. The van der Waals surface area contributed by atoms with Gasteiger partial charge in [0.2, 0.25) is 0 Å². The van der Waals surface area contributed by atoms with Crippen LogP contribution in [0.2, 0.25) is 0 Å². The second-order valence-corrected chi connectivity index (χ2v) is 16.5. The van der Waals surface area contributed by atoms with Crippen LogP contribution < -0.4 is 0 Å². The molecule has 0 N–H and O–H groups in total. The van der Waals surface area contributed by atoms with Gasteiger partial charge in [0.05, 0.1) is 0 Å². The molecule has 0 saturated carbocycles. The quantitative estimate of drug-likeness (QED) is 0.160. The van der Waals surface area contributed by atoms with Gasteiger partial charge in [-0.05, 0) is 107 Å². The molecule has 0 unspecified atom stereocenters. The lowest BCUT2D eigenvalue weighted by Crippen LogP contribution is -1.91. The minimum atomic E-state index is 1.23. The standard InChI is InChI=1S/C52H30S2/c1-2-12-33-28-37(21-20-31(33)10-1)49-41-18-7-5-16-39(41)48(40-17-6-8-19-42(40)49)36-14-9-13-34(29-36)35-22-24-43-47(30-35)53-46-27-25-44-50-38-15-4-3-11-32(38)23-26-45(50)54-52(44)51(43)46/h1-30H. The van der Waals surface area contributed by atoms with Gasteiger partial charge in [0.25, 0.3) is 0 Å². The molecule has 0 radical (unpaired) electrons. The van der Waals surface area contributed by atoms with Crippen molar-refractivity contribution < 1.29 is 0 Å². The summed E-state index contributed by atoms with van der Waals surface area (Å²) in [5, 5.41) is 15.7. The summed E-state index contributed by atoms with van der Waals surface area (Å²) in [6.45, 7) is 0. The summed E-state index contributed by atoms with van der Waals surface area (Å²) in [5.41, 5.74) is 7.55. The van der Waals surface area contributed by atoms with Gasteiger partial charge in [0.1, 0.15) is 0 Å². The molecule has 54 heavy (non-hydrogen) atoms. The summed E-state index contributed by atoms with van der Waals surface area (Å²) in [6.07, 6.45) is 0. The summed E-state index contributed by atoms with van der Waals surface area (Å²) in [6, 6.07) is 67.8. The zero-order valence-corrected chi connectivity index (χ0v) is 30.8. The third kappa shape index (κ3) is 4.42. The summed E-state index contributed by atoms with van der Waals surface area (Å²) in [4.78, 5) is 0. The first kappa shape index (κ1) is 30.2. The SMILES string of the molecule is c1cc(-c2ccc3c(c2)sc2ccc4c(sc5ccc6ccccc6c54)c23)cc(-c2c3ccccc3c(-c3ccc4ccccc4c3)c3ccccc23)c1. The van der Waals surface area contributed by atoms with Crippen LogP contribution in [0, 0.1) is 0 Å². The van der Waals surface area contributed by atoms with Gasteiger partial charge in [-0.3, -0.25) is 0 Å². The van der Waals surface area contributed by atoms with Crippen molar-refractivity contribution in [2.75, 3.05) is 0 Å². The Hall–Kier alpha value is -6.32. The lowest BCUT2D eigenvalue weighted by atomic mass is 9.85. The fourth-order valence-electron chi connectivity index (χ4n) is 8.99. The molecule has 0 amide bonds. The van der Waals surface area contributed by atoms with Crippen molar-refractivity contribution in [2.24, 2.45) is 0 Å². The fourth-order valence-corrected chi connectivity index (χ4v) is 11.5. The average molecular weight is 719 g/mol. The molecule has 0 aliphatic rings. The molecule has 12 rings (SSSR count). The first-order valence-corrected chi connectivity index (χ1v) is 20.1. The second-order valence-electron chi connectivity index (χ2n) is 14.4. The molecule has 0 nitrogen and oxygen atoms in total. The molecule has 0 saturated heterocycles. The summed E-state index contributed by atoms with van der Waals surface area (Å²) >= 11 is 3.84. The van der Waals surface area contributed by atoms with E-state index in [-0.39, 0.29) is 0 Å². The van der Waals surface area contributed by atoms with Gasteiger partial charge in [-0.15, -0.1) is 22.7 Å². The Kier molecular flexibility index (Phi) is 6.48. The molecule has 12 aromatic rings. The molecule has 0 spiro atoms. The summed E-state index contributed by atoms with van der Waals surface area (Å²) in [5.74, 6) is 0. The summed E-state index contributed by atoms with van der Waals surface area (Å²) in [7, 11) is 0. The van der Waals surface area contributed by atoms with Crippen molar-refractivity contribution in [3.05, 3.63) is 182 Å². The molecule has 0 bridgehead atoms. The van der Waals surface area contributed by atoms with Crippen molar-refractivity contribution >= 4 is 106 Å². The first-order chi connectivity index (χ1) is 26.8. The lowest BCUT2D eigenvalue weighted by molar-refractivity contribution is 1.63. The predicted molar refractivity (Wildman–Crippen MR) is 239 cm³/mol. The van der Waals surface area contributed by atoms with Gasteiger partial charge in [-0.2, -0.15) is 0 Å². The van der Waals surface area contributed by atoms with E-state index in [2.05, 4.69) is 182 Å². The van der Waals surface area contributed by atoms with E-state index in [1.165, 1.54) is 117 Å². The smallest absolute Gasteiger partial charge is 0.0448 e. The molecule has 0 aliphatic carbocycles. The van der Waals surface area contributed by atoms with E-state index < -0.39 is 0 Å². The van der Waals surface area contributed by atoms with Crippen LogP contribution in [0.3, 0.4) is 0 Å². The minimum Gasteiger partial charge on any atom is -0.135 e. The maximum Gasteiger partial charge on any atom is 0.0448 e. The Morgan fingerprint density at radius 3 is 1.56 bits per heavy atom. The topological polar surface area (TPSA) is 0 Å². The maximum absolute atomic E-state index is 2.41. The van der Waals surface area contributed by atoms with E-state index >= 15 is 0 Å². The molecule has 2 heteroatoms. The number of hydrogen-bond acceptors (Lipinski definition) is 2. The third-order valence-corrected chi connectivity index (χ3v) is 13.7. The van der Waals surface area contributed by atoms with Gasteiger partial charge >= 0.3 is 0 Å². The molecule has 2 aromatic heterocycles. The van der Waals surface area contributed by atoms with E-state index in [1.54, 1.807) is 0 Å². The van der Waals surface area contributed by atoms with Gasteiger partial charge < -0.3 is 0 Å². The van der Waals surface area contributed by atoms with Crippen LogP contribution >= 0.6 is 22.7 Å². The van der Waals surface area contributed by atoms with Crippen LogP contribution in [-0.4, -0.2) is 0 Å². The lowest BCUT2D eigenvalue weighted by Gasteiger charge is -2.18. The van der Waals surface area contributed by atoms with Crippen molar-refractivity contribution in [3.8, 4) is 33.4 Å². The Balaban J connectivity index is 1.03. The van der Waals surface area contributed by atoms with Gasteiger partial charge in [0.15, 0.2) is 0 Å². The Morgan fingerprint density at radius 1 is 0.259 bits per heavy atom. The van der Waals surface area contributed by atoms with E-state index in [0.717, 1.165) is 0 Å². The minimum absolute atomic E-state index is 1.23. The zero-order chi connectivity index (χ0) is 35.3. The molecule has 0 aliphatic heterocycles. The Bertz CT molecular complexity index is 3450. The van der Waals surface area contributed by atoms with Crippen LogP contribution in [0.15, 0.2) is 182 Å². The largest absolute Gasteiger partial charge is 0.135 e. The molecule has 2 heterocycles. The van der Waals surface area contributed by atoms with E-state index in [1.807, 2.05) is 22.7 Å². The Morgan fingerprint density at radius 2 is 0.796 bits per heavy atom. The predicted octanol–water partition coefficient (Wildman–Crippen LogP) is 16.0. The fraction of sp³-hybridized carbons (Fsp3) is 0. The molecular formula is C52H30S2. The van der Waals surface area contributed by atoms with Gasteiger partial charge in [0, 0.05) is 40.3 Å². The first-order valence-electron chi connectivity index (χ1n) is 18.5. The van der Waals surface area contributed by atoms with Crippen molar-refractivity contribution in [1.82, 2.24) is 0 Å². The molecular weight excluding hydrogens is 689 g/mol. The highest BCUT2D eigenvalue weighted by Gasteiger charge is 2.19. The van der Waals surface area contributed by atoms with E-state index in [0.29, 0.717) is 0 Å². The molecule has 10 aromatic carbocycles. The van der Waals surface area contributed by atoms with E-state index in [4.69, 9.17) is 0 Å². The molecule has 250 valence electrons. The number of fused-ring (bicyclic) bond motifs is 12. The van der Waals surface area contributed by atoms with Crippen LogP contribution in [0.4, 0.5) is 0 Å². The normalized spacial score (nSPS) is 12.1. The highest BCUT2D eigenvalue weighted by Crippen LogP contribution is 2.48. The van der Waals surface area contributed by atoms with E-state index in [9.17, 15) is 0 Å². The Labute approximate surface area is 319 Å². The highest BCUT2D eigenvalue weighted by atomic mass is 32.1. The molecule has 0 fully saturated rings. The number of thiophene rings is 2. The van der Waals surface area contributed by atoms with Crippen molar-refractivity contribution in [1.29, 1.82) is 0 Å². The summed E-state index contributed by atoms with van der Waals surface area (Å²) < 4.78 is 5.43. The zero-order valence-electron chi connectivity index (χ0n) is 29.1. The van der Waals surface area contributed by atoms with Gasteiger partial charge in [-0.25, -0.2) is 0 Å². The highest BCUT2D eigenvalue weighted by molar-refractivity contribution is 7.30. The average Bonchev–Trinajstić information content (AvgIpc) is 3.81. The maximum atomic E-state index is 2.41. The van der Waals surface area contributed by atoms with Gasteiger partial charge in [-0.1, -0.05) is 152 Å². The number of benzene rings is 10. The van der Waals surface area contributed by atoms with Crippen LogP contribution in [-0.2, 0) is 0 Å². The van der Waals surface area contributed by atoms with Crippen molar-refractivity contribution in [2.45, 2.75) is 0 Å². The second kappa shape index (κ2) is 11.6. The monoisotopic (exact) mass is 718 g/mol.